The highest BCUT2D eigenvalue weighted by Gasteiger charge is 2.21. The molecule has 0 spiro atoms. The summed E-state index contributed by atoms with van der Waals surface area (Å²) in [6.07, 6.45) is 0. The highest BCUT2D eigenvalue weighted by molar-refractivity contribution is 9.10. The molecule has 0 saturated heterocycles. The van der Waals surface area contributed by atoms with Crippen LogP contribution in [-0.4, -0.2) is 27.0 Å². The van der Waals surface area contributed by atoms with Gasteiger partial charge in [-0.25, -0.2) is 9.88 Å². The van der Waals surface area contributed by atoms with E-state index in [1.807, 2.05) is 30.3 Å². The first-order valence-corrected chi connectivity index (χ1v) is 6.57. The van der Waals surface area contributed by atoms with Crippen molar-refractivity contribution >= 4 is 33.7 Å². The average Bonchev–Trinajstić information content (AvgIpc) is 2.41. The van der Waals surface area contributed by atoms with Gasteiger partial charge < -0.3 is 0 Å². The lowest BCUT2D eigenvalue weighted by atomic mass is 10.2. The first-order valence-electron chi connectivity index (χ1n) is 5.77. The Bertz CT molecular complexity index is 647. The van der Waals surface area contributed by atoms with Gasteiger partial charge in [-0.05, 0) is 15.9 Å². The number of anilines is 1. The number of hydrogen-bond acceptors (Lipinski definition) is 5. The molecule has 6 nitrogen and oxygen atoms in total. The Morgan fingerprint density at radius 3 is 2.20 bits per heavy atom. The van der Waals surface area contributed by atoms with Crippen LogP contribution in [0.4, 0.5) is 5.95 Å². The first-order chi connectivity index (χ1) is 9.50. The van der Waals surface area contributed by atoms with Crippen molar-refractivity contribution in [2.24, 2.45) is 0 Å². The summed E-state index contributed by atoms with van der Waals surface area (Å²) >= 11 is 3.27. The molecule has 1 heterocycles. The van der Waals surface area contributed by atoms with Gasteiger partial charge in [0.25, 0.3) is 5.95 Å². The summed E-state index contributed by atoms with van der Waals surface area (Å²) in [5.41, 5.74) is 1.32. The maximum absolute atomic E-state index is 11.5. The van der Waals surface area contributed by atoms with Gasteiger partial charge in [-0.2, -0.15) is 0 Å². The molecule has 0 saturated carbocycles. The summed E-state index contributed by atoms with van der Waals surface area (Å²) in [5.74, 6) is -0.951. The first kappa shape index (κ1) is 14.3. The molecule has 0 aliphatic rings. The lowest BCUT2D eigenvalue weighted by molar-refractivity contribution is -0.124. The molecule has 0 bridgehead atoms. The Labute approximate surface area is 124 Å². The summed E-state index contributed by atoms with van der Waals surface area (Å²) < 4.78 is 0.444. The van der Waals surface area contributed by atoms with Gasteiger partial charge in [0.2, 0.25) is 11.8 Å². The molecule has 2 amide bonds. The summed E-state index contributed by atoms with van der Waals surface area (Å²) in [6.45, 7) is 2.55. The van der Waals surface area contributed by atoms with Crippen molar-refractivity contribution < 1.29 is 9.59 Å². The van der Waals surface area contributed by atoms with Crippen LogP contribution in [0.2, 0.25) is 0 Å². The fraction of sp³-hybridized carbons (Fsp3) is 0.154. The number of halogens is 1. The smallest absolute Gasteiger partial charge is 0.259 e. The topological polar surface area (TPSA) is 76.1 Å². The normalized spacial score (nSPS) is 10.2. The van der Waals surface area contributed by atoms with E-state index in [2.05, 4.69) is 31.1 Å². The van der Waals surface area contributed by atoms with E-state index in [4.69, 9.17) is 0 Å². The Morgan fingerprint density at radius 1 is 1.05 bits per heavy atom. The van der Waals surface area contributed by atoms with Crippen LogP contribution in [0.3, 0.4) is 0 Å². The average molecular weight is 335 g/mol. The summed E-state index contributed by atoms with van der Waals surface area (Å²) in [7, 11) is 0. The third-order valence-corrected chi connectivity index (χ3v) is 3.05. The number of carbonyl (C=O) groups excluding carboxylic acids is 2. The van der Waals surface area contributed by atoms with E-state index in [0.29, 0.717) is 10.3 Å². The van der Waals surface area contributed by atoms with Crippen molar-refractivity contribution in [3.63, 3.8) is 0 Å². The summed E-state index contributed by atoms with van der Waals surface area (Å²) in [6, 6.07) is 9.30. The van der Waals surface area contributed by atoms with E-state index in [9.17, 15) is 9.59 Å². The van der Waals surface area contributed by atoms with Crippen LogP contribution in [0.15, 0.2) is 34.9 Å². The van der Waals surface area contributed by atoms with Gasteiger partial charge in [0.15, 0.2) is 4.60 Å². The van der Waals surface area contributed by atoms with Gasteiger partial charge in [0.1, 0.15) is 5.69 Å². The van der Waals surface area contributed by atoms with E-state index in [1.165, 1.54) is 13.8 Å². The van der Waals surface area contributed by atoms with Gasteiger partial charge in [-0.15, -0.1) is 10.2 Å². The Hall–Kier alpha value is -2.15. The minimum atomic E-state index is -0.458. The van der Waals surface area contributed by atoms with E-state index >= 15 is 0 Å². The maximum Gasteiger partial charge on any atom is 0.259 e. The Balaban J connectivity index is 2.54. The van der Waals surface area contributed by atoms with Gasteiger partial charge in [-0.3, -0.25) is 9.59 Å². The molecular formula is C13H11BrN4O2. The Kier molecular flexibility index (Phi) is 4.19. The predicted octanol–water partition coefficient (Wildman–Crippen LogP) is 2.20. The van der Waals surface area contributed by atoms with Gasteiger partial charge >= 0.3 is 0 Å². The molecule has 0 unspecified atom stereocenters. The van der Waals surface area contributed by atoms with E-state index in [1.54, 1.807) is 0 Å². The zero-order chi connectivity index (χ0) is 14.7. The molecule has 0 fully saturated rings. The second kappa shape index (κ2) is 5.87. The van der Waals surface area contributed by atoms with Crippen LogP contribution in [-0.2, 0) is 9.59 Å². The third kappa shape index (κ3) is 2.88. The molecule has 20 heavy (non-hydrogen) atoms. The zero-order valence-corrected chi connectivity index (χ0v) is 12.5. The number of hydrogen-bond donors (Lipinski definition) is 0. The second-order valence-corrected chi connectivity index (χ2v) is 4.74. The van der Waals surface area contributed by atoms with Crippen molar-refractivity contribution in [1.29, 1.82) is 0 Å². The van der Waals surface area contributed by atoms with E-state index in [0.717, 1.165) is 10.5 Å². The fourth-order valence-corrected chi connectivity index (χ4v) is 2.08. The summed E-state index contributed by atoms with van der Waals surface area (Å²) in [5, 5.41) is 7.68. The van der Waals surface area contributed by atoms with E-state index < -0.39 is 11.8 Å². The van der Waals surface area contributed by atoms with Crippen molar-refractivity contribution in [2.45, 2.75) is 13.8 Å². The van der Waals surface area contributed by atoms with Gasteiger partial charge in [0.05, 0.1) is 0 Å². The van der Waals surface area contributed by atoms with Crippen molar-refractivity contribution in [3.8, 4) is 11.3 Å². The molecular weight excluding hydrogens is 324 g/mol. The number of imide groups is 1. The van der Waals surface area contributed by atoms with Crippen LogP contribution in [0.5, 0.6) is 0 Å². The molecule has 0 radical (unpaired) electrons. The number of amides is 2. The van der Waals surface area contributed by atoms with Gasteiger partial charge in [-0.1, -0.05) is 30.3 Å². The number of aromatic nitrogens is 3. The molecule has 0 aliphatic carbocycles. The van der Waals surface area contributed by atoms with Crippen molar-refractivity contribution in [1.82, 2.24) is 15.2 Å². The minimum absolute atomic E-state index is 0.0351. The molecule has 1 aromatic heterocycles. The monoisotopic (exact) mass is 334 g/mol. The van der Waals surface area contributed by atoms with Crippen LogP contribution in [0, 0.1) is 0 Å². The maximum atomic E-state index is 11.5. The van der Waals surface area contributed by atoms with Gasteiger partial charge in [0, 0.05) is 19.4 Å². The van der Waals surface area contributed by atoms with E-state index in [-0.39, 0.29) is 5.95 Å². The van der Waals surface area contributed by atoms with Crippen LogP contribution < -0.4 is 4.90 Å². The molecule has 0 atom stereocenters. The van der Waals surface area contributed by atoms with Crippen LogP contribution >= 0.6 is 15.9 Å². The minimum Gasteiger partial charge on any atom is -0.274 e. The second-order valence-electron chi connectivity index (χ2n) is 3.99. The number of carbonyl (C=O) groups is 2. The number of nitrogens with zero attached hydrogens (tertiary/aromatic N) is 4. The third-order valence-electron chi connectivity index (χ3n) is 2.51. The van der Waals surface area contributed by atoms with Crippen LogP contribution in [0.25, 0.3) is 11.3 Å². The van der Waals surface area contributed by atoms with Crippen molar-refractivity contribution in [3.05, 3.63) is 34.9 Å². The molecule has 0 N–H and O–H groups in total. The quantitative estimate of drug-likeness (QED) is 0.841. The van der Waals surface area contributed by atoms with Crippen LogP contribution in [0.1, 0.15) is 13.8 Å². The SMILES string of the molecule is CC(=O)N(C(C)=O)c1nnc(Br)c(-c2ccccc2)n1. The molecule has 2 rings (SSSR count). The molecule has 2 aromatic rings. The molecule has 0 aliphatic heterocycles. The zero-order valence-electron chi connectivity index (χ0n) is 10.9. The Morgan fingerprint density at radius 2 is 1.65 bits per heavy atom. The van der Waals surface area contributed by atoms with Crippen molar-refractivity contribution in [2.75, 3.05) is 4.90 Å². The standard InChI is InChI=1S/C13H11BrN4O2/c1-8(19)18(9(2)20)13-15-11(12(14)16-17-13)10-6-4-3-5-7-10/h3-7H,1-2H3. The highest BCUT2D eigenvalue weighted by atomic mass is 79.9. The number of benzene rings is 1. The molecule has 1 aromatic carbocycles. The summed E-state index contributed by atoms with van der Waals surface area (Å²) in [4.78, 5) is 28.1. The molecule has 7 heteroatoms. The number of rotatable bonds is 2. The largest absolute Gasteiger partial charge is 0.274 e. The fourth-order valence-electron chi connectivity index (χ4n) is 1.68. The highest BCUT2D eigenvalue weighted by Crippen LogP contribution is 2.25. The lowest BCUT2D eigenvalue weighted by Gasteiger charge is -2.15. The predicted molar refractivity (Wildman–Crippen MR) is 76.8 cm³/mol. The molecule has 102 valence electrons. The lowest BCUT2D eigenvalue weighted by Crippen LogP contribution is -2.35.